The molecule has 0 fully saturated rings. The molecule has 0 saturated carbocycles. The first-order chi connectivity index (χ1) is 8.99. The molecule has 0 aliphatic heterocycles. The van der Waals surface area contributed by atoms with E-state index in [1.807, 2.05) is 27.7 Å². The van der Waals surface area contributed by atoms with Crippen LogP contribution in [0.1, 0.15) is 36.1 Å². The molecule has 3 heteroatoms. The topological polar surface area (TPSA) is 35.5 Å². The van der Waals surface area contributed by atoms with Crippen molar-refractivity contribution in [3.8, 4) is 0 Å². The monoisotopic (exact) mass is 264 g/mol. The van der Waals surface area contributed by atoms with E-state index in [0.717, 1.165) is 16.7 Å². The van der Waals surface area contributed by atoms with Gasteiger partial charge in [-0.2, -0.15) is 0 Å². The van der Waals surface area contributed by atoms with Crippen molar-refractivity contribution < 1.29 is 14.3 Å². The van der Waals surface area contributed by atoms with Gasteiger partial charge in [-0.15, -0.1) is 0 Å². The van der Waals surface area contributed by atoms with Crippen LogP contribution in [0.3, 0.4) is 0 Å². The lowest BCUT2D eigenvalue weighted by Crippen LogP contribution is -2.29. The second-order valence-electron chi connectivity index (χ2n) is 4.76. The predicted molar refractivity (Wildman–Crippen MR) is 76.4 cm³/mol. The van der Waals surface area contributed by atoms with E-state index in [-0.39, 0.29) is 5.78 Å². The second kappa shape index (κ2) is 7.41. The molecule has 0 aliphatic rings. The number of Topliss-reactive ketones (excluding diaryl/α,β-unsaturated/α-hetero) is 1. The third kappa shape index (κ3) is 4.44. The molecule has 0 atom stereocenters. The van der Waals surface area contributed by atoms with Crippen LogP contribution in [-0.4, -0.2) is 25.3 Å². The summed E-state index contributed by atoms with van der Waals surface area (Å²) in [6, 6.07) is 4.21. The molecule has 0 aliphatic carbocycles. The van der Waals surface area contributed by atoms with E-state index in [4.69, 9.17) is 9.47 Å². The van der Waals surface area contributed by atoms with E-state index < -0.39 is 6.29 Å². The lowest BCUT2D eigenvalue weighted by atomic mass is 9.96. The molecule has 0 aromatic heterocycles. The molecule has 0 unspecified atom stereocenters. The summed E-state index contributed by atoms with van der Waals surface area (Å²) in [5.41, 5.74) is 4.60. The molecule has 1 rings (SSSR count). The Morgan fingerprint density at radius 2 is 1.53 bits per heavy atom. The van der Waals surface area contributed by atoms with Gasteiger partial charge in [0.05, 0.1) is 0 Å². The van der Waals surface area contributed by atoms with Gasteiger partial charge in [-0.1, -0.05) is 17.7 Å². The fourth-order valence-electron chi connectivity index (χ4n) is 2.28. The number of ketones is 1. The largest absolute Gasteiger partial charge is 0.346 e. The molecule has 0 saturated heterocycles. The number of carbonyl (C=O) groups is 1. The highest BCUT2D eigenvalue weighted by atomic mass is 16.7. The van der Waals surface area contributed by atoms with Crippen molar-refractivity contribution in [1.82, 2.24) is 0 Å². The van der Waals surface area contributed by atoms with Crippen LogP contribution in [0.2, 0.25) is 0 Å². The number of benzene rings is 1. The summed E-state index contributed by atoms with van der Waals surface area (Å²) in [7, 11) is 0. The number of hydrogen-bond donors (Lipinski definition) is 0. The van der Waals surface area contributed by atoms with Crippen LogP contribution >= 0.6 is 0 Å². The minimum Gasteiger partial charge on any atom is -0.346 e. The molecule has 0 bridgehead atoms. The third-order valence-electron chi connectivity index (χ3n) is 3.09. The smallest absolute Gasteiger partial charge is 0.218 e. The minimum absolute atomic E-state index is 0.0150. The molecule has 0 N–H and O–H groups in total. The summed E-state index contributed by atoms with van der Waals surface area (Å²) in [5.74, 6) is -0.0150. The number of rotatable bonds is 7. The van der Waals surface area contributed by atoms with Crippen LogP contribution in [0.25, 0.3) is 0 Å². The summed E-state index contributed by atoms with van der Waals surface area (Å²) in [5, 5.41) is 0. The Balaban J connectivity index is 2.86. The van der Waals surface area contributed by atoms with Gasteiger partial charge < -0.3 is 9.47 Å². The van der Waals surface area contributed by atoms with Gasteiger partial charge in [0, 0.05) is 19.6 Å². The van der Waals surface area contributed by atoms with Crippen molar-refractivity contribution >= 4 is 5.78 Å². The quantitative estimate of drug-likeness (QED) is 0.710. The van der Waals surface area contributed by atoms with Crippen molar-refractivity contribution in [3.05, 3.63) is 34.4 Å². The average molecular weight is 264 g/mol. The maximum Gasteiger partial charge on any atom is 0.218 e. The number of hydrogen-bond acceptors (Lipinski definition) is 3. The van der Waals surface area contributed by atoms with E-state index in [1.54, 1.807) is 0 Å². The SMILES string of the molecule is CCOC(OCC)C(=O)Cc1c(C)cc(C)cc1C. The first-order valence-corrected chi connectivity index (χ1v) is 6.82. The number of ether oxygens (including phenoxy) is 2. The van der Waals surface area contributed by atoms with E-state index in [1.165, 1.54) is 5.56 Å². The molecule has 106 valence electrons. The maximum absolute atomic E-state index is 12.2. The van der Waals surface area contributed by atoms with Gasteiger partial charge in [0.2, 0.25) is 6.29 Å². The fraction of sp³-hybridized carbons (Fsp3) is 0.562. The van der Waals surface area contributed by atoms with Crippen molar-refractivity contribution in [2.75, 3.05) is 13.2 Å². The molecule has 0 radical (unpaired) electrons. The first kappa shape index (κ1) is 15.9. The molecule has 1 aromatic carbocycles. The molecule has 0 heterocycles. The molecular weight excluding hydrogens is 240 g/mol. The summed E-state index contributed by atoms with van der Waals surface area (Å²) in [4.78, 5) is 12.2. The third-order valence-corrected chi connectivity index (χ3v) is 3.09. The predicted octanol–water partition coefficient (Wildman–Crippen LogP) is 3.12. The summed E-state index contributed by atoms with van der Waals surface area (Å²) >= 11 is 0. The van der Waals surface area contributed by atoms with E-state index in [0.29, 0.717) is 19.6 Å². The van der Waals surface area contributed by atoms with Crippen molar-refractivity contribution in [3.63, 3.8) is 0 Å². The summed E-state index contributed by atoms with van der Waals surface area (Å²) < 4.78 is 10.7. The molecule has 0 spiro atoms. The van der Waals surface area contributed by atoms with Gasteiger partial charge in [0.1, 0.15) is 0 Å². The van der Waals surface area contributed by atoms with Crippen LogP contribution in [0, 0.1) is 20.8 Å². The zero-order valence-electron chi connectivity index (χ0n) is 12.6. The Hall–Kier alpha value is -1.19. The molecule has 19 heavy (non-hydrogen) atoms. The Labute approximate surface area is 115 Å². The highest BCUT2D eigenvalue weighted by molar-refractivity contribution is 5.84. The minimum atomic E-state index is -0.741. The van der Waals surface area contributed by atoms with E-state index in [9.17, 15) is 4.79 Å². The Morgan fingerprint density at radius 3 is 1.95 bits per heavy atom. The van der Waals surface area contributed by atoms with Crippen LogP contribution in [0.15, 0.2) is 12.1 Å². The standard InChI is InChI=1S/C16H24O3/c1-6-18-16(19-7-2)15(17)10-14-12(4)8-11(3)9-13(14)5/h8-9,16H,6-7,10H2,1-5H3. The highest BCUT2D eigenvalue weighted by Gasteiger charge is 2.20. The fourth-order valence-corrected chi connectivity index (χ4v) is 2.28. The second-order valence-corrected chi connectivity index (χ2v) is 4.76. The van der Waals surface area contributed by atoms with E-state index >= 15 is 0 Å². The van der Waals surface area contributed by atoms with Gasteiger partial charge in [0.25, 0.3) is 0 Å². The number of carbonyl (C=O) groups excluding carboxylic acids is 1. The molecular formula is C16H24O3. The van der Waals surface area contributed by atoms with Crippen molar-refractivity contribution in [2.45, 2.75) is 47.3 Å². The lowest BCUT2D eigenvalue weighted by molar-refractivity contribution is -0.167. The van der Waals surface area contributed by atoms with Crippen molar-refractivity contribution in [1.29, 1.82) is 0 Å². The Kier molecular flexibility index (Phi) is 6.19. The van der Waals surface area contributed by atoms with Gasteiger partial charge >= 0.3 is 0 Å². The van der Waals surface area contributed by atoms with Crippen molar-refractivity contribution in [2.24, 2.45) is 0 Å². The summed E-state index contributed by atoms with van der Waals surface area (Å²) in [6.45, 7) is 10.8. The molecule has 3 nitrogen and oxygen atoms in total. The molecule has 1 aromatic rings. The van der Waals surface area contributed by atoms with Gasteiger partial charge in [-0.3, -0.25) is 4.79 Å². The molecule has 0 amide bonds. The first-order valence-electron chi connectivity index (χ1n) is 6.82. The van der Waals surface area contributed by atoms with Crippen LogP contribution in [0.4, 0.5) is 0 Å². The van der Waals surface area contributed by atoms with Crippen LogP contribution in [0.5, 0.6) is 0 Å². The van der Waals surface area contributed by atoms with Gasteiger partial charge in [-0.25, -0.2) is 0 Å². The highest BCUT2D eigenvalue weighted by Crippen LogP contribution is 2.18. The lowest BCUT2D eigenvalue weighted by Gasteiger charge is -2.17. The van der Waals surface area contributed by atoms with Crippen LogP contribution < -0.4 is 0 Å². The number of aryl methyl sites for hydroxylation is 3. The zero-order valence-corrected chi connectivity index (χ0v) is 12.6. The average Bonchev–Trinajstić information content (AvgIpc) is 2.33. The normalized spacial score (nSPS) is 11.1. The van der Waals surface area contributed by atoms with Gasteiger partial charge in [0.15, 0.2) is 5.78 Å². The zero-order chi connectivity index (χ0) is 14.4. The Morgan fingerprint density at radius 1 is 1.05 bits per heavy atom. The van der Waals surface area contributed by atoms with Gasteiger partial charge in [-0.05, 0) is 51.3 Å². The maximum atomic E-state index is 12.2. The Bertz CT molecular complexity index is 409. The van der Waals surface area contributed by atoms with Crippen LogP contribution in [-0.2, 0) is 20.7 Å². The van der Waals surface area contributed by atoms with E-state index in [2.05, 4.69) is 19.1 Å². The summed E-state index contributed by atoms with van der Waals surface area (Å²) in [6.07, 6.45) is -0.377.